The molecule has 20 heavy (non-hydrogen) atoms. The van der Waals surface area contributed by atoms with Crippen LogP contribution in [-0.2, 0) is 17.8 Å². The number of hydrogen-bond donors (Lipinski definition) is 2. The fourth-order valence-electron chi connectivity index (χ4n) is 2.48. The molecule has 1 aromatic carbocycles. The number of carboxylic acids is 1. The number of carbonyl (C=O) groups is 1. The number of carboxylic acid groups (broad SMARTS) is 1. The van der Waals surface area contributed by atoms with Crippen LogP contribution in [0.4, 0.5) is 0 Å². The molecule has 1 aromatic heterocycles. The van der Waals surface area contributed by atoms with Crippen LogP contribution in [0.2, 0.25) is 0 Å². The average molecular weight is 275 g/mol. The zero-order chi connectivity index (χ0) is 14.7. The highest BCUT2D eigenvalue weighted by Gasteiger charge is 2.12. The van der Waals surface area contributed by atoms with Crippen LogP contribution < -0.4 is 0 Å². The van der Waals surface area contributed by atoms with Crippen molar-refractivity contribution in [1.29, 1.82) is 0 Å². The van der Waals surface area contributed by atoms with Gasteiger partial charge in [0.2, 0.25) is 0 Å². The molecule has 0 unspecified atom stereocenters. The summed E-state index contributed by atoms with van der Waals surface area (Å²) in [5.41, 5.74) is 3.09. The Hall–Kier alpha value is -1.81. The van der Waals surface area contributed by atoms with Crippen molar-refractivity contribution >= 4 is 16.9 Å². The van der Waals surface area contributed by atoms with Crippen LogP contribution in [0.25, 0.3) is 10.9 Å². The fourth-order valence-corrected chi connectivity index (χ4v) is 2.48. The van der Waals surface area contributed by atoms with E-state index in [1.165, 1.54) is 5.56 Å². The van der Waals surface area contributed by atoms with Crippen LogP contribution in [0.1, 0.15) is 37.3 Å². The molecule has 0 saturated heterocycles. The largest absolute Gasteiger partial charge is 0.481 e. The maximum atomic E-state index is 11.0. The summed E-state index contributed by atoms with van der Waals surface area (Å²) in [6.07, 6.45) is 2.60. The van der Waals surface area contributed by atoms with E-state index in [-0.39, 0.29) is 13.0 Å². The predicted molar refractivity (Wildman–Crippen MR) is 79.1 cm³/mol. The smallest absolute Gasteiger partial charge is 0.307 e. The third kappa shape index (κ3) is 3.02. The number of aryl methyl sites for hydroxylation is 1. The molecule has 0 spiro atoms. The van der Waals surface area contributed by atoms with Crippen molar-refractivity contribution < 1.29 is 15.0 Å². The SMILES string of the molecule is CC(C)c1ccc2c(c1)c(CC(=O)O)cn2CCCO. The van der Waals surface area contributed by atoms with Gasteiger partial charge in [-0.3, -0.25) is 4.79 Å². The molecule has 2 aromatic rings. The zero-order valence-corrected chi connectivity index (χ0v) is 12.0. The monoisotopic (exact) mass is 275 g/mol. The van der Waals surface area contributed by atoms with Gasteiger partial charge < -0.3 is 14.8 Å². The molecule has 0 radical (unpaired) electrons. The van der Waals surface area contributed by atoms with Crippen molar-refractivity contribution in [3.63, 3.8) is 0 Å². The summed E-state index contributed by atoms with van der Waals surface area (Å²) < 4.78 is 2.04. The van der Waals surface area contributed by atoms with Crippen LogP contribution in [0.15, 0.2) is 24.4 Å². The number of benzene rings is 1. The second-order valence-corrected chi connectivity index (χ2v) is 5.43. The van der Waals surface area contributed by atoms with Crippen LogP contribution >= 0.6 is 0 Å². The van der Waals surface area contributed by atoms with Gasteiger partial charge in [0.25, 0.3) is 0 Å². The Morgan fingerprint density at radius 1 is 1.35 bits per heavy atom. The van der Waals surface area contributed by atoms with Crippen LogP contribution in [0, 0.1) is 0 Å². The van der Waals surface area contributed by atoms with Crippen molar-refractivity contribution in [2.75, 3.05) is 6.61 Å². The van der Waals surface area contributed by atoms with E-state index < -0.39 is 5.97 Å². The standard InChI is InChI=1S/C16H21NO3/c1-11(2)12-4-5-15-14(8-12)13(9-16(19)20)10-17(15)6-3-7-18/h4-5,8,10-11,18H,3,6-7,9H2,1-2H3,(H,19,20). The Labute approximate surface area is 118 Å². The Balaban J connectivity index is 2.51. The second kappa shape index (κ2) is 6.09. The lowest BCUT2D eigenvalue weighted by Crippen LogP contribution is -2.00. The van der Waals surface area contributed by atoms with Gasteiger partial charge in [-0.2, -0.15) is 0 Å². The highest BCUT2D eigenvalue weighted by Crippen LogP contribution is 2.26. The molecule has 0 amide bonds. The highest BCUT2D eigenvalue weighted by atomic mass is 16.4. The molecule has 2 rings (SSSR count). The summed E-state index contributed by atoms with van der Waals surface area (Å²) in [5, 5.41) is 19.0. The van der Waals surface area contributed by atoms with E-state index in [2.05, 4.69) is 26.0 Å². The van der Waals surface area contributed by atoms with Gasteiger partial charge in [-0.25, -0.2) is 0 Å². The second-order valence-electron chi connectivity index (χ2n) is 5.43. The number of aliphatic hydroxyl groups excluding tert-OH is 1. The van der Waals surface area contributed by atoms with Gasteiger partial charge in [0.1, 0.15) is 0 Å². The molecular weight excluding hydrogens is 254 g/mol. The van der Waals surface area contributed by atoms with Gasteiger partial charge in [0.05, 0.1) is 6.42 Å². The van der Waals surface area contributed by atoms with Crippen molar-refractivity contribution in [2.24, 2.45) is 0 Å². The van der Waals surface area contributed by atoms with Crippen LogP contribution in [0.3, 0.4) is 0 Å². The Bertz CT molecular complexity index is 613. The van der Waals surface area contributed by atoms with Gasteiger partial charge in [-0.15, -0.1) is 0 Å². The molecule has 0 saturated carbocycles. The minimum atomic E-state index is -0.818. The van der Waals surface area contributed by atoms with Gasteiger partial charge in [-0.05, 0) is 35.6 Å². The van der Waals surface area contributed by atoms with E-state index in [0.29, 0.717) is 18.9 Å². The molecule has 0 aliphatic heterocycles. The van der Waals surface area contributed by atoms with Gasteiger partial charge >= 0.3 is 5.97 Å². The number of fused-ring (bicyclic) bond motifs is 1. The van der Waals surface area contributed by atoms with Crippen molar-refractivity contribution in [3.05, 3.63) is 35.5 Å². The first-order valence-corrected chi connectivity index (χ1v) is 6.97. The van der Waals surface area contributed by atoms with E-state index in [4.69, 9.17) is 10.2 Å². The third-order valence-corrected chi connectivity index (χ3v) is 3.55. The minimum absolute atomic E-state index is 0.0319. The van der Waals surface area contributed by atoms with E-state index in [1.807, 2.05) is 16.8 Å². The number of hydrogen-bond acceptors (Lipinski definition) is 2. The number of nitrogens with zero attached hydrogens (tertiary/aromatic N) is 1. The topological polar surface area (TPSA) is 62.5 Å². The quantitative estimate of drug-likeness (QED) is 0.852. The average Bonchev–Trinajstić information content (AvgIpc) is 2.73. The lowest BCUT2D eigenvalue weighted by Gasteiger charge is -2.07. The van der Waals surface area contributed by atoms with Gasteiger partial charge in [0.15, 0.2) is 0 Å². The molecule has 1 heterocycles. The molecule has 4 heteroatoms. The summed E-state index contributed by atoms with van der Waals surface area (Å²) >= 11 is 0. The van der Waals surface area contributed by atoms with Gasteiger partial charge in [-0.1, -0.05) is 19.9 Å². The fraction of sp³-hybridized carbons (Fsp3) is 0.438. The van der Waals surface area contributed by atoms with E-state index in [9.17, 15) is 4.79 Å². The molecule has 0 aliphatic rings. The first-order chi connectivity index (χ1) is 9.52. The van der Waals surface area contributed by atoms with E-state index in [0.717, 1.165) is 16.5 Å². The number of aliphatic hydroxyl groups is 1. The van der Waals surface area contributed by atoms with E-state index in [1.54, 1.807) is 0 Å². The van der Waals surface area contributed by atoms with E-state index >= 15 is 0 Å². The molecule has 4 nitrogen and oxygen atoms in total. The Kier molecular flexibility index (Phi) is 4.45. The van der Waals surface area contributed by atoms with Crippen molar-refractivity contribution in [1.82, 2.24) is 4.57 Å². The summed E-state index contributed by atoms with van der Waals surface area (Å²) in [5.74, 6) is -0.404. The first kappa shape index (κ1) is 14.6. The van der Waals surface area contributed by atoms with Crippen LogP contribution in [-0.4, -0.2) is 27.4 Å². The first-order valence-electron chi connectivity index (χ1n) is 6.97. The molecular formula is C16H21NO3. The zero-order valence-electron chi connectivity index (χ0n) is 12.0. The number of aromatic nitrogens is 1. The molecule has 0 aliphatic carbocycles. The summed E-state index contributed by atoms with van der Waals surface area (Å²) in [6, 6.07) is 6.23. The maximum absolute atomic E-state index is 11.0. The van der Waals surface area contributed by atoms with Crippen molar-refractivity contribution in [3.8, 4) is 0 Å². The van der Waals surface area contributed by atoms with Crippen LogP contribution in [0.5, 0.6) is 0 Å². The molecule has 0 atom stereocenters. The molecule has 0 fully saturated rings. The Morgan fingerprint density at radius 2 is 2.10 bits per heavy atom. The molecule has 0 bridgehead atoms. The minimum Gasteiger partial charge on any atom is -0.481 e. The van der Waals surface area contributed by atoms with Gasteiger partial charge in [0, 0.05) is 30.3 Å². The Morgan fingerprint density at radius 3 is 2.70 bits per heavy atom. The number of rotatable bonds is 6. The summed E-state index contributed by atoms with van der Waals surface area (Å²) in [6.45, 7) is 5.09. The molecule has 108 valence electrons. The maximum Gasteiger partial charge on any atom is 0.307 e. The van der Waals surface area contributed by atoms with Crippen molar-refractivity contribution in [2.45, 2.75) is 39.2 Å². The molecule has 2 N–H and O–H groups in total. The number of aliphatic carboxylic acids is 1. The third-order valence-electron chi connectivity index (χ3n) is 3.55. The highest BCUT2D eigenvalue weighted by molar-refractivity contribution is 5.88. The lowest BCUT2D eigenvalue weighted by atomic mass is 10.00. The predicted octanol–water partition coefficient (Wildman–Crippen LogP) is 2.77. The lowest BCUT2D eigenvalue weighted by molar-refractivity contribution is -0.136. The summed E-state index contributed by atoms with van der Waals surface area (Å²) in [4.78, 5) is 11.0. The normalized spacial score (nSPS) is 11.4. The summed E-state index contributed by atoms with van der Waals surface area (Å²) in [7, 11) is 0.